The van der Waals surface area contributed by atoms with E-state index in [4.69, 9.17) is 5.73 Å². The fourth-order valence-corrected chi connectivity index (χ4v) is 3.10. The van der Waals surface area contributed by atoms with Gasteiger partial charge in [0.1, 0.15) is 5.60 Å². The highest BCUT2D eigenvalue weighted by Gasteiger charge is 2.40. The van der Waals surface area contributed by atoms with Crippen molar-refractivity contribution >= 4 is 0 Å². The summed E-state index contributed by atoms with van der Waals surface area (Å²) in [5.74, 6) is 0.0467. The van der Waals surface area contributed by atoms with E-state index in [1.165, 1.54) is 0 Å². The Balaban J connectivity index is 2.54. The summed E-state index contributed by atoms with van der Waals surface area (Å²) < 4.78 is 77.0. The van der Waals surface area contributed by atoms with Crippen molar-refractivity contribution in [3.8, 4) is 0 Å². The van der Waals surface area contributed by atoms with Crippen molar-refractivity contribution in [2.75, 3.05) is 0 Å². The first kappa shape index (κ1) is 22.2. The molecule has 0 aliphatic heterocycles. The molecule has 0 saturated carbocycles. The maximum atomic E-state index is 12.8. The molecule has 154 valence electrons. The number of alkyl halides is 6. The summed E-state index contributed by atoms with van der Waals surface area (Å²) in [5, 5.41) is 11.4. The summed E-state index contributed by atoms with van der Waals surface area (Å²) in [5.41, 5.74) is 2.58. The minimum atomic E-state index is -4.55. The highest BCUT2D eigenvalue weighted by atomic mass is 19.4. The van der Waals surface area contributed by atoms with E-state index < -0.39 is 35.1 Å². The molecular weight excluding hydrogens is 384 g/mol. The predicted octanol–water partition coefficient (Wildman–Crippen LogP) is 5.33. The van der Waals surface area contributed by atoms with Gasteiger partial charge >= 0.3 is 12.4 Å². The number of halogens is 6. The Labute approximate surface area is 159 Å². The third-order valence-corrected chi connectivity index (χ3v) is 4.57. The van der Waals surface area contributed by atoms with Crippen molar-refractivity contribution in [3.63, 3.8) is 0 Å². The smallest absolute Gasteiger partial charge is 0.379 e. The molecule has 2 aromatic carbocycles. The Morgan fingerprint density at radius 1 is 0.714 bits per heavy atom. The molecule has 0 unspecified atom stereocenters. The summed E-state index contributed by atoms with van der Waals surface area (Å²) >= 11 is 0. The minimum Gasteiger partial charge on any atom is -0.379 e. The molecule has 0 saturated heterocycles. The van der Waals surface area contributed by atoms with E-state index in [0.717, 1.165) is 48.5 Å². The van der Waals surface area contributed by atoms with Gasteiger partial charge in [0.25, 0.3) is 0 Å². The molecule has 2 rings (SSSR count). The lowest BCUT2D eigenvalue weighted by atomic mass is 9.77. The highest BCUT2D eigenvalue weighted by Crippen LogP contribution is 2.38. The van der Waals surface area contributed by atoms with Crippen LogP contribution >= 0.6 is 0 Å². The van der Waals surface area contributed by atoms with Crippen LogP contribution in [0.5, 0.6) is 0 Å². The molecule has 0 aromatic heterocycles. The third kappa shape index (κ3) is 4.67. The van der Waals surface area contributed by atoms with E-state index in [1.807, 2.05) is 13.8 Å². The van der Waals surface area contributed by atoms with Crippen LogP contribution < -0.4 is 5.73 Å². The first-order valence-electron chi connectivity index (χ1n) is 8.59. The van der Waals surface area contributed by atoms with Crippen LogP contribution in [0.4, 0.5) is 26.3 Å². The highest BCUT2D eigenvalue weighted by molar-refractivity contribution is 5.41. The van der Waals surface area contributed by atoms with Gasteiger partial charge in [-0.25, -0.2) is 0 Å². The van der Waals surface area contributed by atoms with Crippen LogP contribution in [0.25, 0.3) is 0 Å². The van der Waals surface area contributed by atoms with Crippen LogP contribution in [0.2, 0.25) is 0 Å². The zero-order chi connectivity index (χ0) is 21.3. The molecule has 3 N–H and O–H groups in total. The molecule has 2 nitrogen and oxygen atoms in total. The molecule has 8 heteroatoms. The number of aliphatic hydroxyl groups is 1. The molecule has 0 aliphatic rings. The standard InChI is InChI=1S/C20H21F6NO/c1-12(2)11-17(27)18(28,13-3-7-15(8-4-13)19(21,22)23)14-5-9-16(10-6-14)20(24,25)26/h3-10,12,17,28H,11,27H2,1-2H3/t17-/m1/s1. The second-order valence-corrected chi connectivity index (χ2v) is 7.15. The SMILES string of the molecule is CC(C)C[C@@H](N)C(O)(c1ccc(C(F)(F)F)cc1)c1ccc(C(F)(F)F)cc1. The van der Waals surface area contributed by atoms with Gasteiger partial charge in [0.15, 0.2) is 0 Å². The van der Waals surface area contributed by atoms with E-state index >= 15 is 0 Å². The Morgan fingerprint density at radius 2 is 1.00 bits per heavy atom. The normalized spacial score (nSPS) is 14.4. The fourth-order valence-electron chi connectivity index (χ4n) is 3.10. The molecule has 0 heterocycles. The third-order valence-electron chi connectivity index (χ3n) is 4.57. The van der Waals surface area contributed by atoms with Crippen LogP contribution in [0.15, 0.2) is 48.5 Å². The van der Waals surface area contributed by atoms with E-state index in [1.54, 1.807) is 0 Å². The summed E-state index contributed by atoms with van der Waals surface area (Å²) in [6, 6.07) is 6.70. The average Bonchev–Trinajstić information content (AvgIpc) is 2.59. The maximum Gasteiger partial charge on any atom is 0.416 e. The summed E-state index contributed by atoms with van der Waals surface area (Å²) in [4.78, 5) is 0. The van der Waals surface area contributed by atoms with Crippen LogP contribution in [0.3, 0.4) is 0 Å². The zero-order valence-corrected chi connectivity index (χ0v) is 15.3. The van der Waals surface area contributed by atoms with Crippen LogP contribution in [0.1, 0.15) is 42.5 Å². The minimum absolute atomic E-state index is 0.0467. The molecule has 28 heavy (non-hydrogen) atoms. The van der Waals surface area contributed by atoms with Gasteiger partial charge in [-0.3, -0.25) is 0 Å². The van der Waals surface area contributed by atoms with Crippen LogP contribution in [-0.4, -0.2) is 11.1 Å². The van der Waals surface area contributed by atoms with Gasteiger partial charge in [0.2, 0.25) is 0 Å². The van der Waals surface area contributed by atoms with Crippen LogP contribution in [0, 0.1) is 5.92 Å². The topological polar surface area (TPSA) is 46.2 Å². The Morgan fingerprint density at radius 3 is 1.25 bits per heavy atom. The summed E-state index contributed by atoms with van der Waals surface area (Å²) in [7, 11) is 0. The number of hydrogen-bond acceptors (Lipinski definition) is 2. The Bertz CT molecular complexity index is 721. The lowest BCUT2D eigenvalue weighted by molar-refractivity contribution is -0.138. The quantitative estimate of drug-likeness (QED) is 0.661. The monoisotopic (exact) mass is 405 g/mol. The zero-order valence-electron chi connectivity index (χ0n) is 15.3. The van der Waals surface area contributed by atoms with Crippen molar-refractivity contribution in [2.45, 2.75) is 44.3 Å². The molecule has 1 atom stereocenters. The molecular formula is C20H21F6NO. The van der Waals surface area contributed by atoms with Gasteiger partial charge in [0.05, 0.1) is 11.1 Å². The molecule has 2 aromatic rings. The number of benzene rings is 2. The van der Waals surface area contributed by atoms with E-state index in [-0.39, 0.29) is 17.0 Å². The maximum absolute atomic E-state index is 12.8. The Hall–Kier alpha value is -2.06. The number of rotatable bonds is 5. The van der Waals surface area contributed by atoms with Gasteiger partial charge in [-0.1, -0.05) is 38.1 Å². The first-order chi connectivity index (χ1) is 12.8. The summed E-state index contributed by atoms with van der Waals surface area (Å²) in [6.45, 7) is 3.69. The summed E-state index contributed by atoms with van der Waals surface area (Å²) in [6.07, 6.45) is -8.80. The molecule has 0 radical (unpaired) electrons. The first-order valence-corrected chi connectivity index (χ1v) is 8.59. The number of hydrogen-bond donors (Lipinski definition) is 2. The fraction of sp³-hybridized carbons (Fsp3) is 0.400. The Kier molecular flexibility index (Phi) is 6.16. The second-order valence-electron chi connectivity index (χ2n) is 7.15. The van der Waals surface area contributed by atoms with Gasteiger partial charge in [-0.2, -0.15) is 26.3 Å². The average molecular weight is 405 g/mol. The molecule has 0 bridgehead atoms. The van der Waals surface area contributed by atoms with Gasteiger partial charge in [-0.05, 0) is 47.7 Å². The van der Waals surface area contributed by atoms with Crippen LogP contribution in [-0.2, 0) is 18.0 Å². The largest absolute Gasteiger partial charge is 0.416 e. The lowest BCUT2D eigenvalue weighted by Gasteiger charge is -2.36. The molecule has 0 amide bonds. The molecule has 0 aliphatic carbocycles. The van der Waals surface area contributed by atoms with E-state index in [0.29, 0.717) is 6.42 Å². The predicted molar refractivity (Wildman–Crippen MR) is 93.3 cm³/mol. The van der Waals surface area contributed by atoms with Crippen molar-refractivity contribution in [1.82, 2.24) is 0 Å². The van der Waals surface area contributed by atoms with Crippen molar-refractivity contribution < 1.29 is 31.4 Å². The van der Waals surface area contributed by atoms with Gasteiger partial charge < -0.3 is 10.8 Å². The van der Waals surface area contributed by atoms with E-state index in [2.05, 4.69) is 0 Å². The second kappa shape index (κ2) is 7.75. The van der Waals surface area contributed by atoms with Crippen molar-refractivity contribution in [2.24, 2.45) is 11.7 Å². The van der Waals surface area contributed by atoms with Gasteiger partial charge in [-0.15, -0.1) is 0 Å². The van der Waals surface area contributed by atoms with E-state index in [9.17, 15) is 31.4 Å². The molecule has 0 fully saturated rings. The van der Waals surface area contributed by atoms with Gasteiger partial charge in [0, 0.05) is 6.04 Å². The van der Waals surface area contributed by atoms with Crippen molar-refractivity contribution in [3.05, 3.63) is 70.8 Å². The number of nitrogens with two attached hydrogens (primary N) is 1. The van der Waals surface area contributed by atoms with Crippen molar-refractivity contribution in [1.29, 1.82) is 0 Å². The lowest BCUT2D eigenvalue weighted by Crippen LogP contribution is -2.47. The molecule has 0 spiro atoms.